The lowest BCUT2D eigenvalue weighted by molar-refractivity contribution is 0.282. The number of hydrogen-bond donors (Lipinski definition) is 3. The molecule has 0 radical (unpaired) electrons. The number of hydrogen-bond acceptors (Lipinski definition) is 3. The first kappa shape index (κ1) is 12.7. The van der Waals surface area contributed by atoms with Crippen LogP contribution in [0.15, 0.2) is 42.5 Å². The second kappa shape index (κ2) is 5.76. The smallest absolute Gasteiger partial charge is 0.115 e. The van der Waals surface area contributed by atoms with Gasteiger partial charge < -0.3 is 15.5 Å². The number of rotatable bonds is 4. The molecule has 0 heterocycles. The predicted molar refractivity (Wildman–Crippen MR) is 72.8 cm³/mol. The molecule has 0 aliphatic rings. The summed E-state index contributed by atoms with van der Waals surface area (Å²) in [6.07, 6.45) is 0. The standard InChI is InChI=1S/C14H14ClNO2/c15-13-5-4-11(9-17)7-14(13)16-8-10-2-1-3-12(18)6-10/h1-7,16-18H,8-9H2. The molecule has 0 bridgehead atoms. The fourth-order valence-electron chi connectivity index (χ4n) is 1.67. The van der Waals surface area contributed by atoms with Crippen molar-refractivity contribution in [3.05, 3.63) is 58.6 Å². The molecule has 4 heteroatoms. The number of aliphatic hydroxyl groups is 1. The Kier molecular flexibility index (Phi) is 4.07. The molecule has 0 aliphatic carbocycles. The number of aliphatic hydroxyl groups excluding tert-OH is 1. The third kappa shape index (κ3) is 3.15. The number of nitrogens with one attached hydrogen (secondary N) is 1. The molecule has 3 nitrogen and oxygen atoms in total. The van der Waals surface area contributed by atoms with Crippen molar-refractivity contribution >= 4 is 17.3 Å². The molecule has 0 fully saturated rings. The minimum Gasteiger partial charge on any atom is -0.508 e. The highest BCUT2D eigenvalue weighted by molar-refractivity contribution is 6.33. The molecule has 0 atom stereocenters. The average molecular weight is 264 g/mol. The molecule has 2 aromatic carbocycles. The van der Waals surface area contributed by atoms with Crippen molar-refractivity contribution in [1.29, 1.82) is 0 Å². The molecule has 0 unspecified atom stereocenters. The van der Waals surface area contributed by atoms with Crippen LogP contribution in [0.3, 0.4) is 0 Å². The van der Waals surface area contributed by atoms with Gasteiger partial charge in [-0.15, -0.1) is 0 Å². The molecule has 0 saturated heterocycles. The number of benzene rings is 2. The van der Waals surface area contributed by atoms with E-state index in [4.69, 9.17) is 16.7 Å². The van der Waals surface area contributed by atoms with Crippen LogP contribution in [0.5, 0.6) is 5.75 Å². The van der Waals surface area contributed by atoms with Crippen molar-refractivity contribution in [3.8, 4) is 5.75 Å². The first-order valence-electron chi connectivity index (χ1n) is 5.60. The van der Waals surface area contributed by atoms with Crippen molar-refractivity contribution in [2.45, 2.75) is 13.2 Å². The summed E-state index contributed by atoms with van der Waals surface area (Å²) in [7, 11) is 0. The maximum atomic E-state index is 9.36. The van der Waals surface area contributed by atoms with Crippen molar-refractivity contribution in [1.82, 2.24) is 0 Å². The Bertz CT molecular complexity index is 543. The molecule has 2 rings (SSSR count). The molecular formula is C14H14ClNO2. The van der Waals surface area contributed by atoms with Crippen LogP contribution in [-0.2, 0) is 13.2 Å². The normalized spacial score (nSPS) is 10.3. The zero-order valence-corrected chi connectivity index (χ0v) is 10.5. The third-order valence-electron chi connectivity index (χ3n) is 2.61. The van der Waals surface area contributed by atoms with Crippen LogP contribution in [0.2, 0.25) is 5.02 Å². The van der Waals surface area contributed by atoms with Gasteiger partial charge in [0.25, 0.3) is 0 Å². The summed E-state index contributed by atoms with van der Waals surface area (Å²) in [5.74, 6) is 0.240. The average Bonchev–Trinajstić information content (AvgIpc) is 2.38. The van der Waals surface area contributed by atoms with Crippen molar-refractivity contribution < 1.29 is 10.2 Å². The summed E-state index contributed by atoms with van der Waals surface area (Å²) in [5.41, 5.74) is 2.53. The highest BCUT2D eigenvalue weighted by Gasteiger charge is 2.02. The quantitative estimate of drug-likeness (QED) is 0.794. The Balaban J connectivity index is 2.10. The van der Waals surface area contributed by atoms with Crippen LogP contribution >= 0.6 is 11.6 Å². The van der Waals surface area contributed by atoms with E-state index in [2.05, 4.69) is 5.32 Å². The molecule has 0 amide bonds. The van der Waals surface area contributed by atoms with Crippen LogP contribution < -0.4 is 5.32 Å². The van der Waals surface area contributed by atoms with Gasteiger partial charge in [-0.3, -0.25) is 0 Å². The second-order valence-electron chi connectivity index (χ2n) is 4.00. The molecule has 0 aliphatic heterocycles. The Hall–Kier alpha value is -1.71. The minimum atomic E-state index is -0.0159. The van der Waals surface area contributed by atoms with Gasteiger partial charge in [-0.2, -0.15) is 0 Å². The summed E-state index contributed by atoms with van der Waals surface area (Å²) < 4.78 is 0. The van der Waals surface area contributed by atoms with Crippen LogP contribution in [0.1, 0.15) is 11.1 Å². The van der Waals surface area contributed by atoms with E-state index in [0.29, 0.717) is 11.6 Å². The zero-order valence-electron chi connectivity index (χ0n) is 9.73. The van der Waals surface area contributed by atoms with Gasteiger partial charge >= 0.3 is 0 Å². The Morgan fingerprint density at radius 2 is 1.89 bits per heavy atom. The summed E-state index contributed by atoms with van der Waals surface area (Å²) in [6, 6.07) is 12.4. The maximum absolute atomic E-state index is 9.36. The number of halogens is 1. The summed E-state index contributed by atoms with van der Waals surface area (Å²) in [4.78, 5) is 0. The maximum Gasteiger partial charge on any atom is 0.115 e. The Morgan fingerprint density at radius 1 is 1.06 bits per heavy atom. The first-order chi connectivity index (χ1) is 8.69. The van der Waals surface area contributed by atoms with E-state index in [9.17, 15) is 5.11 Å². The molecule has 18 heavy (non-hydrogen) atoms. The molecule has 94 valence electrons. The molecular weight excluding hydrogens is 250 g/mol. The lowest BCUT2D eigenvalue weighted by Gasteiger charge is -2.10. The van der Waals surface area contributed by atoms with Crippen LogP contribution in [0.4, 0.5) is 5.69 Å². The molecule has 0 aromatic heterocycles. The highest BCUT2D eigenvalue weighted by atomic mass is 35.5. The lowest BCUT2D eigenvalue weighted by Crippen LogP contribution is -2.00. The molecule has 0 spiro atoms. The van der Waals surface area contributed by atoms with Crippen LogP contribution in [0.25, 0.3) is 0 Å². The van der Waals surface area contributed by atoms with Crippen molar-refractivity contribution in [3.63, 3.8) is 0 Å². The van der Waals surface area contributed by atoms with Gasteiger partial charge in [0.15, 0.2) is 0 Å². The largest absolute Gasteiger partial charge is 0.508 e. The zero-order chi connectivity index (χ0) is 13.0. The second-order valence-corrected chi connectivity index (χ2v) is 4.40. The molecule has 0 saturated carbocycles. The predicted octanol–water partition coefficient (Wildman–Crippen LogP) is 3.15. The third-order valence-corrected chi connectivity index (χ3v) is 2.94. The number of aromatic hydroxyl groups is 1. The van der Waals surface area contributed by atoms with Gasteiger partial charge in [0.05, 0.1) is 17.3 Å². The van der Waals surface area contributed by atoms with E-state index in [-0.39, 0.29) is 12.4 Å². The van der Waals surface area contributed by atoms with E-state index in [1.165, 1.54) is 0 Å². The summed E-state index contributed by atoms with van der Waals surface area (Å²) in [6.45, 7) is 0.543. The topological polar surface area (TPSA) is 52.5 Å². The lowest BCUT2D eigenvalue weighted by atomic mass is 10.2. The van der Waals surface area contributed by atoms with Gasteiger partial charge in [-0.1, -0.05) is 29.8 Å². The van der Waals surface area contributed by atoms with Gasteiger partial charge in [-0.25, -0.2) is 0 Å². The first-order valence-corrected chi connectivity index (χ1v) is 5.98. The van der Waals surface area contributed by atoms with Gasteiger partial charge in [0.1, 0.15) is 5.75 Å². The van der Waals surface area contributed by atoms with Crippen LogP contribution in [-0.4, -0.2) is 10.2 Å². The van der Waals surface area contributed by atoms with E-state index in [0.717, 1.165) is 16.8 Å². The van der Waals surface area contributed by atoms with Gasteiger partial charge in [-0.05, 0) is 35.4 Å². The van der Waals surface area contributed by atoms with Gasteiger partial charge in [0, 0.05) is 6.54 Å². The van der Waals surface area contributed by atoms with E-state index in [1.807, 2.05) is 12.1 Å². The summed E-state index contributed by atoms with van der Waals surface area (Å²) >= 11 is 6.06. The number of phenolic OH excluding ortho intramolecular Hbond substituents is 1. The SMILES string of the molecule is OCc1ccc(Cl)c(NCc2cccc(O)c2)c1. The molecule has 2 aromatic rings. The fourth-order valence-corrected chi connectivity index (χ4v) is 1.85. The monoisotopic (exact) mass is 263 g/mol. The fraction of sp³-hybridized carbons (Fsp3) is 0.143. The van der Waals surface area contributed by atoms with E-state index < -0.39 is 0 Å². The highest BCUT2D eigenvalue weighted by Crippen LogP contribution is 2.24. The van der Waals surface area contributed by atoms with Crippen molar-refractivity contribution in [2.24, 2.45) is 0 Å². The Labute approximate surface area is 111 Å². The van der Waals surface area contributed by atoms with Crippen molar-refractivity contribution in [2.75, 3.05) is 5.32 Å². The number of anilines is 1. The Morgan fingerprint density at radius 3 is 2.61 bits per heavy atom. The number of phenols is 1. The van der Waals surface area contributed by atoms with E-state index >= 15 is 0 Å². The molecule has 3 N–H and O–H groups in total. The minimum absolute atomic E-state index is 0.0159. The van der Waals surface area contributed by atoms with Gasteiger partial charge in [0.2, 0.25) is 0 Å². The van der Waals surface area contributed by atoms with Crippen LogP contribution in [0, 0.1) is 0 Å². The summed E-state index contributed by atoms with van der Waals surface area (Å²) in [5, 5.41) is 22.2. The van der Waals surface area contributed by atoms with E-state index in [1.54, 1.807) is 30.3 Å².